The molecule has 1 N–H and O–H groups in total. The minimum absolute atomic E-state index is 0.112. The third-order valence-corrected chi connectivity index (χ3v) is 1.32. The molecule has 4 heteroatoms. The van der Waals surface area contributed by atoms with Gasteiger partial charge < -0.3 is 9.72 Å². The van der Waals surface area contributed by atoms with Crippen LogP contribution in [0, 0.1) is 0 Å². The van der Waals surface area contributed by atoms with Gasteiger partial charge in [0.1, 0.15) is 6.61 Å². The second kappa shape index (κ2) is 3.00. The van der Waals surface area contributed by atoms with Gasteiger partial charge in [-0.05, 0) is 12.1 Å². The summed E-state index contributed by atoms with van der Waals surface area (Å²) in [5.41, 5.74) is -0.112. The van der Waals surface area contributed by atoms with Gasteiger partial charge in [0.2, 0.25) is 0 Å². The molecule has 0 atom stereocenters. The largest absolute Gasteiger partial charge is 0.378 e. The zero-order valence-corrected chi connectivity index (χ0v) is 6.10. The van der Waals surface area contributed by atoms with E-state index < -0.39 is 12.5 Å². The molecule has 0 radical (unpaired) electrons. The second-order valence-corrected chi connectivity index (χ2v) is 2.22. The highest BCUT2D eigenvalue weighted by atomic mass is 19.3. The van der Waals surface area contributed by atoms with Gasteiger partial charge in [-0.2, -0.15) is 8.78 Å². The number of aromatic amines is 1. The lowest BCUT2D eigenvalue weighted by Crippen LogP contribution is -2.20. The molecule has 0 saturated heterocycles. The molecule has 0 spiro atoms. The van der Waals surface area contributed by atoms with Crippen molar-refractivity contribution in [2.24, 2.45) is 0 Å². The van der Waals surface area contributed by atoms with E-state index in [0.717, 1.165) is 0 Å². The Morgan fingerprint density at radius 1 is 1.64 bits per heavy atom. The van der Waals surface area contributed by atoms with Crippen molar-refractivity contribution in [2.45, 2.75) is 5.92 Å². The predicted molar refractivity (Wildman–Crippen MR) is 36.6 cm³/mol. The monoisotopic (exact) mass is 161 g/mol. The highest BCUT2D eigenvalue weighted by Crippen LogP contribution is 2.25. The summed E-state index contributed by atoms with van der Waals surface area (Å²) in [5.74, 6) is -2.90. The van der Waals surface area contributed by atoms with Crippen molar-refractivity contribution in [2.75, 3.05) is 13.7 Å². The Hall–Kier alpha value is -0.900. The second-order valence-electron chi connectivity index (χ2n) is 2.22. The van der Waals surface area contributed by atoms with Crippen molar-refractivity contribution in [3.63, 3.8) is 0 Å². The van der Waals surface area contributed by atoms with E-state index in [2.05, 4.69) is 9.72 Å². The first kappa shape index (κ1) is 8.20. The standard InChI is InChI=1S/C7H9F2NO/c1-11-5-7(8,9)6-3-2-4-10-6/h2-4,10H,5H2,1H3. The van der Waals surface area contributed by atoms with Gasteiger partial charge in [-0.15, -0.1) is 0 Å². The van der Waals surface area contributed by atoms with Crippen LogP contribution < -0.4 is 0 Å². The fraction of sp³-hybridized carbons (Fsp3) is 0.429. The number of nitrogens with one attached hydrogen (secondary N) is 1. The number of rotatable bonds is 3. The summed E-state index contributed by atoms with van der Waals surface area (Å²) in [7, 11) is 1.25. The molecule has 0 fully saturated rings. The van der Waals surface area contributed by atoms with Gasteiger partial charge in [-0.1, -0.05) is 0 Å². The van der Waals surface area contributed by atoms with Crippen molar-refractivity contribution < 1.29 is 13.5 Å². The number of H-pyrrole nitrogens is 1. The van der Waals surface area contributed by atoms with Crippen LogP contribution in [0.1, 0.15) is 5.69 Å². The fourth-order valence-corrected chi connectivity index (χ4v) is 0.817. The number of methoxy groups -OCH3 is 1. The van der Waals surface area contributed by atoms with Gasteiger partial charge in [0, 0.05) is 13.3 Å². The predicted octanol–water partition coefficient (Wildman–Crippen LogP) is 1.75. The van der Waals surface area contributed by atoms with Gasteiger partial charge in [0.05, 0.1) is 5.69 Å². The molecule has 0 aliphatic carbocycles. The first-order valence-corrected chi connectivity index (χ1v) is 3.17. The highest BCUT2D eigenvalue weighted by Gasteiger charge is 2.32. The Labute approximate surface area is 63.2 Å². The molecule has 0 aromatic carbocycles. The molecule has 62 valence electrons. The van der Waals surface area contributed by atoms with Crippen LogP contribution >= 0.6 is 0 Å². The fourth-order valence-electron chi connectivity index (χ4n) is 0.817. The normalized spacial score (nSPS) is 11.9. The van der Waals surface area contributed by atoms with Crippen LogP contribution in [0.15, 0.2) is 18.3 Å². The molecule has 2 nitrogen and oxygen atoms in total. The van der Waals surface area contributed by atoms with Crippen molar-refractivity contribution in [3.05, 3.63) is 24.0 Å². The zero-order valence-electron chi connectivity index (χ0n) is 6.10. The molecule has 1 rings (SSSR count). The van der Waals surface area contributed by atoms with Gasteiger partial charge in [0.15, 0.2) is 0 Å². The van der Waals surface area contributed by atoms with Gasteiger partial charge in [0.25, 0.3) is 0 Å². The Balaban J connectivity index is 2.73. The van der Waals surface area contributed by atoms with Crippen LogP contribution in [0.5, 0.6) is 0 Å². The third kappa shape index (κ3) is 1.77. The average Bonchev–Trinajstić information content (AvgIpc) is 2.37. The number of hydrogen-bond acceptors (Lipinski definition) is 1. The maximum absolute atomic E-state index is 12.8. The first-order chi connectivity index (χ1) is 5.17. The van der Waals surface area contributed by atoms with E-state index >= 15 is 0 Å². The summed E-state index contributed by atoms with van der Waals surface area (Å²) < 4.78 is 30.0. The van der Waals surface area contributed by atoms with Crippen molar-refractivity contribution in [1.29, 1.82) is 0 Å². The van der Waals surface area contributed by atoms with Crippen molar-refractivity contribution >= 4 is 0 Å². The summed E-state index contributed by atoms with van der Waals surface area (Å²) in [5, 5.41) is 0. The minimum Gasteiger partial charge on any atom is -0.378 e. The molecule has 11 heavy (non-hydrogen) atoms. The zero-order chi connectivity index (χ0) is 8.32. The smallest absolute Gasteiger partial charge is 0.310 e. The van der Waals surface area contributed by atoms with E-state index in [4.69, 9.17) is 0 Å². The van der Waals surface area contributed by atoms with Gasteiger partial charge in [-0.3, -0.25) is 0 Å². The van der Waals surface area contributed by atoms with Crippen LogP contribution in [0.3, 0.4) is 0 Å². The molecule has 0 bridgehead atoms. The Morgan fingerprint density at radius 3 is 2.82 bits per heavy atom. The lowest BCUT2D eigenvalue weighted by atomic mass is 10.2. The molecule has 1 aromatic heterocycles. The van der Waals surface area contributed by atoms with Crippen LogP contribution in [0.4, 0.5) is 8.78 Å². The van der Waals surface area contributed by atoms with E-state index in [1.54, 1.807) is 0 Å². The molecular formula is C7H9F2NO. The van der Waals surface area contributed by atoms with Crippen LogP contribution in [0.25, 0.3) is 0 Å². The average molecular weight is 161 g/mol. The number of alkyl halides is 2. The number of hydrogen-bond donors (Lipinski definition) is 1. The maximum atomic E-state index is 12.8. The Bertz CT molecular complexity index is 208. The van der Waals surface area contributed by atoms with E-state index in [9.17, 15) is 8.78 Å². The van der Waals surface area contributed by atoms with Gasteiger partial charge >= 0.3 is 5.92 Å². The summed E-state index contributed by atoms with van der Waals surface area (Å²) in [6.45, 7) is -0.590. The summed E-state index contributed by atoms with van der Waals surface area (Å²) in [6, 6.07) is 2.86. The summed E-state index contributed by atoms with van der Waals surface area (Å²) in [4.78, 5) is 2.43. The molecule has 0 aliphatic rings. The summed E-state index contributed by atoms with van der Waals surface area (Å²) >= 11 is 0. The van der Waals surface area contributed by atoms with Crippen molar-refractivity contribution in [1.82, 2.24) is 4.98 Å². The van der Waals surface area contributed by atoms with Crippen LogP contribution in [0.2, 0.25) is 0 Å². The lowest BCUT2D eigenvalue weighted by Gasteiger charge is -2.12. The number of ether oxygens (including phenoxy) is 1. The molecular weight excluding hydrogens is 152 g/mol. The third-order valence-electron chi connectivity index (χ3n) is 1.32. The molecule has 1 aromatic rings. The minimum atomic E-state index is -2.90. The van der Waals surface area contributed by atoms with Crippen LogP contribution in [-0.2, 0) is 10.7 Å². The topological polar surface area (TPSA) is 25.0 Å². The van der Waals surface area contributed by atoms with Crippen LogP contribution in [-0.4, -0.2) is 18.7 Å². The molecule has 0 amide bonds. The highest BCUT2D eigenvalue weighted by molar-refractivity contribution is 5.10. The quantitative estimate of drug-likeness (QED) is 0.717. The summed E-state index contributed by atoms with van der Waals surface area (Å²) in [6.07, 6.45) is 1.46. The van der Waals surface area contributed by atoms with E-state index in [1.807, 2.05) is 0 Å². The van der Waals surface area contributed by atoms with Crippen molar-refractivity contribution in [3.8, 4) is 0 Å². The number of aromatic nitrogens is 1. The van der Waals surface area contributed by atoms with E-state index in [0.29, 0.717) is 0 Å². The first-order valence-electron chi connectivity index (χ1n) is 3.17. The van der Waals surface area contributed by atoms with Gasteiger partial charge in [-0.25, -0.2) is 0 Å². The molecule has 0 unspecified atom stereocenters. The van der Waals surface area contributed by atoms with E-state index in [1.165, 1.54) is 25.4 Å². The number of halogens is 2. The maximum Gasteiger partial charge on any atom is 0.310 e. The Morgan fingerprint density at radius 2 is 2.36 bits per heavy atom. The lowest BCUT2D eigenvalue weighted by molar-refractivity contribution is -0.0727. The molecule has 0 aliphatic heterocycles. The molecule has 1 heterocycles. The van der Waals surface area contributed by atoms with E-state index in [-0.39, 0.29) is 5.69 Å². The molecule has 0 saturated carbocycles. The Kier molecular flexibility index (Phi) is 2.24. The SMILES string of the molecule is COCC(F)(F)c1ccc[nH]1.